The number of likely N-dealkylation sites (N-methyl/N-ethyl adjacent to an activating group) is 1. The summed E-state index contributed by atoms with van der Waals surface area (Å²) in [5.74, 6) is -0.504. The van der Waals surface area contributed by atoms with E-state index in [1.54, 1.807) is 19.0 Å². The van der Waals surface area contributed by atoms with Crippen LogP contribution in [0.15, 0.2) is 115 Å². The van der Waals surface area contributed by atoms with Gasteiger partial charge in [-0.2, -0.15) is 0 Å². The molecule has 2 N–H and O–H groups in total. The third-order valence-corrected chi connectivity index (χ3v) is 9.46. The molecule has 0 saturated carbocycles. The molecule has 2 amide bonds. The monoisotopic (exact) mass is 587 g/mol. The van der Waals surface area contributed by atoms with Gasteiger partial charge in [0.1, 0.15) is 5.41 Å². The van der Waals surface area contributed by atoms with Crippen molar-refractivity contribution in [2.45, 2.75) is 55.8 Å². The molecular weight excluding hydrogens is 546 g/mol. The van der Waals surface area contributed by atoms with Crippen LogP contribution >= 0.6 is 0 Å². The van der Waals surface area contributed by atoms with Gasteiger partial charge < -0.3 is 15.3 Å². The second kappa shape index (κ2) is 12.0. The topological polar surface area (TPSA) is 72.9 Å². The molecule has 4 aromatic rings. The van der Waals surface area contributed by atoms with Crippen LogP contribution in [-0.2, 0) is 15.0 Å². The molecule has 2 aliphatic rings. The fraction of sp³-hybridized carbons (Fsp3) is 0.316. The Morgan fingerprint density at radius 2 is 1.39 bits per heavy atom. The zero-order chi connectivity index (χ0) is 31.0. The summed E-state index contributed by atoms with van der Waals surface area (Å²) in [4.78, 5) is 33.3. The van der Waals surface area contributed by atoms with Gasteiger partial charge in [0.2, 0.25) is 11.8 Å². The van der Waals surface area contributed by atoms with Crippen LogP contribution in [0.25, 0.3) is 0 Å². The predicted octanol–water partition coefficient (Wildman–Crippen LogP) is 6.32. The van der Waals surface area contributed by atoms with Crippen LogP contribution in [0.5, 0.6) is 0 Å². The lowest BCUT2D eigenvalue weighted by Crippen LogP contribution is -2.52. The van der Waals surface area contributed by atoms with Crippen LogP contribution in [0.3, 0.4) is 0 Å². The molecule has 44 heavy (non-hydrogen) atoms. The van der Waals surface area contributed by atoms with Crippen LogP contribution < -0.4 is 5.32 Å². The van der Waals surface area contributed by atoms with E-state index in [1.165, 1.54) is 0 Å². The van der Waals surface area contributed by atoms with Crippen LogP contribution in [0.4, 0.5) is 5.69 Å². The molecule has 2 heterocycles. The first kappa shape index (κ1) is 29.8. The largest absolute Gasteiger partial charge is 0.386 e. The number of hydrogen-bond donors (Lipinski definition) is 2. The van der Waals surface area contributed by atoms with E-state index in [0.29, 0.717) is 6.42 Å². The lowest BCUT2D eigenvalue weighted by atomic mass is 9.63. The van der Waals surface area contributed by atoms with Gasteiger partial charge >= 0.3 is 0 Å². The number of amides is 2. The second-order valence-corrected chi connectivity index (χ2v) is 12.7. The number of rotatable bonds is 8. The minimum Gasteiger partial charge on any atom is -0.386 e. The molecule has 4 aromatic carbocycles. The van der Waals surface area contributed by atoms with Gasteiger partial charge in [-0.25, -0.2) is 0 Å². The number of carbonyl (C=O) groups is 2. The van der Waals surface area contributed by atoms with E-state index in [-0.39, 0.29) is 17.7 Å². The summed E-state index contributed by atoms with van der Waals surface area (Å²) in [7, 11) is 3.55. The van der Waals surface area contributed by atoms with E-state index < -0.39 is 35.6 Å². The Morgan fingerprint density at radius 3 is 1.98 bits per heavy atom. The number of likely N-dealkylation sites (tertiary alicyclic amines) is 1. The maximum Gasteiger partial charge on any atom is 0.240 e. The first-order valence-electron chi connectivity index (χ1n) is 15.5. The van der Waals surface area contributed by atoms with Crippen molar-refractivity contribution in [3.63, 3.8) is 0 Å². The quantitative estimate of drug-likeness (QED) is 0.253. The highest BCUT2D eigenvalue weighted by molar-refractivity contribution is 6.09. The van der Waals surface area contributed by atoms with E-state index in [9.17, 15) is 14.7 Å². The van der Waals surface area contributed by atoms with E-state index >= 15 is 0 Å². The smallest absolute Gasteiger partial charge is 0.240 e. The lowest BCUT2D eigenvalue weighted by molar-refractivity contribution is -0.136. The van der Waals surface area contributed by atoms with Crippen LogP contribution in [0.2, 0.25) is 0 Å². The van der Waals surface area contributed by atoms with Crippen LogP contribution in [0, 0.1) is 5.92 Å². The molecule has 1 spiro atoms. The summed E-state index contributed by atoms with van der Waals surface area (Å²) in [5, 5.41) is 15.6. The molecule has 0 aromatic heterocycles. The minimum absolute atomic E-state index is 0.0946. The fourth-order valence-electron chi connectivity index (χ4n) is 7.76. The Bertz CT molecular complexity index is 1610. The molecular formula is C38H41N3O3. The highest BCUT2D eigenvalue weighted by Crippen LogP contribution is 2.61. The standard InChI is InChI=1S/C38H41N3O3/c1-25(2)24-31-38(29-22-14-15-23-30(29)39-37(38)44)32(26-16-8-5-9-17-26)34(36(43)40(3)4)41(31)33(27-18-10-6-11-19-27)35(42)28-20-12-7-13-21-28/h5-23,25,31-35,42H,24H2,1-4H3,(H,39,44)/t31-,32+,33-,34-,35+,38+/m1/s1. The van der Waals surface area contributed by atoms with Gasteiger partial charge in [-0.1, -0.05) is 123 Å². The zero-order valence-electron chi connectivity index (χ0n) is 25.8. The number of aliphatic hydroxyl groups is 1. The molecule has 1 saturated heterocycles. The van der Waals surface area contributed by atoms with Gasteiger partial charge in [0.05, 0.1) is 18.2 Å². The van der Waals surface area contributed by atoms with E-state index in [1.807, 2.05) is 115 Å². The molecule has 0 radical (unpaired) electrons. The van der Waals surface area contributed by atoms with Crippen molar-refractivity contribution in [2.24, 2.45) is 5.92 Å². The number of para-hydroxylation sites is 1. The van der Waals surface area contributed by atoms with Crippen molar-refractivity contribution in [3.05, 3.63) is 138 Å². The van der Waals surface area contributed by atoms with Gasteiger partial charge in [0.25, 0.3) is 0 Å². The highest BCUT2D eigenvalue weighted by Gasteiger charge is 2.69. The third-order valence-electron chi connectivity index (χ3n) is 9.46. The van der Waals surface area contributed by atoms with E-state index in [4.69, 9.17) is 0 Å². The third kappa shape index (κ3) is 4.83. The van der Waals surface area contributed by atoms with Crippen molar-refractivity contribution >= 4 is 17.5 Å². The number of carbonyl (C=O) groups excluding carboxylic acids is 2. The number of benzene rings is 4. The van der Waals surface area contributed by atoms with Crippen LogP contribution in [0.1, 0.15) is 60.6 Å². The number of anilines is 1. The summed E-state index contributed by atoms with van der Waals surface area (Å²) in [6.07, 6.45) is -0.315. The summed E-state index contributed by atoms with van der Waals surface area (Å²) < 4.78 is 0. The molecule has 2 aliphatic heterocycles. The molecule has 6 atom stereocenters. The Morgan fingerprint density at radius 1 is 0.841 bits per heavy atom. The molecule has 6 nitrogen and oxygen atoms in total. The average molecular weight is 588 g/mol. The number of nitrogens with one attached hydrogen (secondary N) is 1. The SMILES string of the molecule is CC(C)C[C@H]1N([C@H](c2ccccc2)[C@@H](O)c2ccccc2)[C@@H](C(=O)N(C)C)[C@H](c2ccccc2)[C@@]12C(=O)Nc1ccccc12. The number of hydrogen-bond acceptors (Lipinski definition) is 4. The summed E-state index contributed by atoms with van der Waals surface area (Å²) in [6, 6.07) is 35.7. The predicted molar refractivity (Wildman–Crippen MR) is 174 cm³/mol. The molecule has 0 aliphatic carbocycles. The highest BCUT2D eigenvalue weighted by atomic mass is 16.3. The van der Waals surface area contributed by atoms with Gasteiger partial charge in [-0.15, -0.1) is 0 Å². The normalized spacial score (nSPS) is 24.2. The molecule has 6 rings (SSSR count). The fourth-order valence-corrected chi connectivity index (χ4v) is 7.76. The first-order chi connectivity index (χ1) is 21.3. The van der Waals surface area contributed by atoms with Crippen molar-refractivity contribution < 1.29 is 14.7 Å². The molecule has 226 valence electrons. The Hall–Kier alpha value is -4.26. The van der Waals surface area contributed by atoms with Gasteiger partial charge in [-0.3, -0.25) is 14.5 Å². The molecule has 1 fully saturated rings. The van der Waals surface area contributed by atoms with Crippen molar-refractivity contribution in [1.82, 2.24) is 9.80 Å². The lowest BCUT2D eigenvalue weighted by Gasteiger charge is -2.43. The Kier molecular flexibility index (Phi) is 8.14. The van der Waals surface area contributed by atoms with E-state index in [0.717, 1.165) is 27.9 Å². The van der Waals surface area contributed by atoms with Gasteiger partial charge in [-0.05, 0) is 40.7 Å². The zero-order valence-corrected chi connectivity index (χ0v) is 25.8. The van der Waals surface area contributed by atoms with Crippen molar-refractivity contribution in [2.75, 3.05) is 19.4 Å². The van der Waals surface area contributed by atoms with Gasteiger partial charge in [0, 0.05) is 31.7 Å². The second-order valence-electron chi connectivity index (χ2n) is 12.7. The van der Waals surface area contributed by atoms with E-state index in [2.05, 4.69) is 24.1 Å². The molecule has 0 unspecified atom stereocenters. The Labute approximate surface area is 260 Å². The summed E-state index contributed by atoms with van der Waals surface area (Å²) in [6.45, 7) is 4.32. The summed E-state index contributed by atoms with van der Waals surface area (Å²) in [5.41, 5.74) is 3.19. The van der Waals surface area contributed by atoms with Gasteiger partial charge in [0.15, 0.2) is 0 Å². The average Bonchev–Trinajstić information content (AvgIpc) is 3.49. The first-order valence-corrected chi connectivity index (χ1v) is 15.5. The molecule has 0 bridgehead atoms. The summed E-state index contributed by atoms with van der Waals surface area (Å²) >= 11 is 0. The Balaban J connectivity index is 1.71. The maximum atomic E-state index is 14.8. The minimum atomic E-state index is -1.08. The number of fused-ring (bicyclic) bond motifs is 2. The van der Waals surface area contributed by atoms with Crippen molar-refractivity contribution in [3.8, 4) is 0 Å². The number of nitrogens with zero attached hydrogens (tertiary/aromatic N) is 2. The maximum absolute atomic E-state index is 14.8. The number of aliphatic hydroxyl groups excluding tert-OH is 1. The van der Waals surface area contributed by atoms with Crippen LogP contribution in [-0.4, -0.2) is 52.9 Å². The van der Waals surface area contributed by atoms with Crippen molar-refractivity contribution in [1.29, 1.82) is 0 Å². The molecule has 6 heteroatoms.